The average Bonchev–Trinajstić information content (AvgIpc) is 2.96. The minimum absolute atomic E-state index is 0.0729. The molecule has 0 aromatic heterocycles. The lowest BCUT2D eigenvalue weighted by atomic mass is 10.1. The fraction of sp³-hybridized carbons (Fsp3) is 0.143. The molecule has 0 saturated heterocycles. The van der Waals surface area contributed by atoms with E-state index in [1.54, 1.807) is 48.5 Å². The molecule has 0 saturated carbocycles. The number of methoxy groups -OCH3 is 1. The molecule has 0 atom stereocenters. The van der Waals surface area contributed by atoms with E-state index in [0.29, 0.717) is 22.4 Å². The molecule has 1 aliphatic heterocycles. The molecule has 0 aliphatic carbocycles. The minimum atomic E-state index is -0.602. The molecule has 0 unspecified atom stereocenters. The Morgan fingerprint density at radius 3 is 2.39 bits per heavy atom. The summed E-state index contributed by atoms with van der Waals surface area (Å²) in [7, 11) is 1.43. The van der Waals surface area contributed by atoms with Gasteiger partial charge in [-0.25, -0.2) is 0 Å². The van der Waals surface area contributed by atoms with Crippen LogP contribution in [0.15, 0.2) is 48.5 Å². The maximum atomic E-state index is 12.3. The normalized spacial score (nSPS) is 12.8. The van der Waals surface area contributed by atoms with Crippen molar-refractivity contribution in [2.24, 2.45) is 0 Å². The molecular weight excluding hydrogens is 360 g/mol. The molecule has 0 N–H and O–H groups in total. The summed E-state index contributed by atoms with van der Waals surface area (Å²) in [6.45, 7) is -0.0729. The van der Waals surface area contributed by atoms with Crippen LogP contribution in [0, 0.1) is 11.3 Å². The molecule has 0 bridgehead atoms. The Kier molecular flexibility index (Phi) is 5.51. The maximum absolute atomic E-state index is 12.3. The van der Waals surface area contributed by atoms with Crippen molar-refractivity contribution in [3.8, 4) is 17.6 Å². The third-order valence-electron chi connectivity index (χ3n) is 4.18. The summed E-state index contributed by atoms with van der Waals surface area (Å²) >= 11 is 0. The highest BCUT2D eigenvalue weighted by Gasteiger charge is 2.35. The number of allylic oxidation sites excluding steroid dienone is 1. The fourth-order valence-electron chi connectivity index (χ4n) is 2.82. The number of ether oxygens (including phenoxy) is 2. The lowest BCUT2D eigenvalue weighted by molar-refractivity contribution is -0.134. The summed E-state index contributed by atoms with van der Waals surface area (Å²) in [5.41, 5.74) is 1.39. The number of amides is 2. The van der Waals surface area contributed by atoms with Gasteiger partial charge < -0.3 is 9.47 Å². The van der Waals surface area contributed by atoms with E-state index in [1.165, 1.54) is 13.2 Å². The van der Waals surface area contributed by atoms with Crippen LogP contribution in [-0.2, 0) is 4.79 Å². The molecule has 1 aliphatic rings. The molecule has 140 valence electrons. The van der Waals surface area contributed by atoms with Gasteiger partial charge in [-0.1, -0.05) is 18.2 Å². The topological polar surface area (TPSA) is 96.7 Å². The summed E-state index contributed by atoms with van der Waals surface area (Å²) in [6.07, 6.45) is 2.77. The Hall–Kier alpha value is -3.92. The van der Waals surface area contributed by atoms with Crippen LogP contribution in [0.1, 0.15) is 32.7 Å². The SMILES string of the molecule is COc1cc(/C=C\C#N)ccc1OC(=O)CCN1C(=O)c2ccccc2C1=O. The van der Waals surface area contributed by atoms with Crippen molar-refractivity contribution in [2.45, 2.75) is 6.42 Å². The molecule has 0 spiro atoms. The number of fused-ring (bicyclic) bond motifs is 1. The second kappa shape index (κ2) is 8.18. The summed E-state index contributed by atoms with van der Waals surface area (Å²) in [5, 5.41) is 8.58. The number of nitrogens with zero attached hydrogens (tertiary/aromatic N) is 2. The fourth-order valence-corrected chi connectivity index (χ4v) is 2.82. The van der Waals surface area contributed by atoms with Crippen molar-refractivity contribution in [3.63, 3.8) is 0 Å². The first-order valence-corrected chi connectivity index (χ1v) is 8.45. The van der Waals surface area contributed by atoms with Crippen molar-refractivity contribution < 1.29 is 23.9 Å². The van der Waals surface area contributed by atoms with Gasteiger partial charge in [-0.2, -0.15) is 5.26 Å². The second-order valence-corrected chi connectivity index (χ2v) is 5.90. The van der Waals surface area contributed by atoms with Crippen molar-refractivity contribution in [1.82, 2.24) is 4.90 Å². The quantitative estimate of drug-likeness (QED) is 0.333. The van der Waals surface area contributed by atoms with E-state index in [4.69, 9.17) is 14.7 Å². The molecule has 2 amide bonds. The first-order chi connectivity index (χ1) is 13.5. The molecular formula is C21H16N2O5. The van der Waals surface area contributed by atoms with E-state index in [1.807, 2.05) is 6.07 Å². The Morgan fingerprint density at radius 2 is 1.79 bits per heavy atom. The van der Waals surface area contributed by atoms with Gasteiger partial charge in [0.1, 0.15) is 0 Å². The largest absolute Gasteiger partial charge is 0.493 e. The number of benzene rings is 2. The van der Waals surface area contributed by atoms with Crippen LogP contribution in [0.2, 0.25) is 0 Å². The van der Waals surface area contributed by atoms with E-state index in [9.17, 15) is 14.4 Å². The van der Waals surface area contributed by atoms with Crippen molar-refractivity contribution in [1.29, 1.82) is 5.26 Å². The third kappa shape index (κ3) is 3.76. The number of imide groups is 1. The van der Waals surface area contributed by atoms with E-state index in [-0.39, 0.29) is 18.7 Å². The lowest BCUT2D eigenvalue weighted by Gasteiger charge is -2.14. The molecule has 3 rings (SSSR count). The van der Waals surface area contributed by atoms with Crippen molar-refractivity contribution in [3.05, 3.63) is 65.2 Å². The first-order valence-electron chi connectivity index (χ1n) is 8.45. The van der Waals surface area contributed by atoms with Gasteiger partial charge >= 0.3 is 5.97 Å². The van der Waals surface area contributed by atoms with E-state index >= 15 is 0 Å². The standard InChI is InChI=1S/C21H16N2O5/c1-27-18-13-14(5-4-11-22)8-9-17(18)28-19(24)10-12-23-20(25)15-6-2-3-7-16(15)21(23)26/h2-9,13H,10,12H2,1H3/b5-4-. The molecule has 7 nitrogen and oxygen atoms in total. The maximum Gasteiger partial charge on any atom is 0.313 e. The van der Waals surface area contributed by atoms with Crippen molar-refractivity contribution in [2.75, 3.05) is 13.7 Å². The van der Waals surface area contributed by atoms with Gasteiger partial charge in [-0.3, -0.25) is 19.3 Å². The number of carbonyl (C=O) groups excluding carboxylic acids is 3. The van der Waals surface area contributed by atoms with Gasteiger partial charge in [0.25, 0.3) is 11.8 Å². The Morgan fingerprint density at radius 1 is 1.11 bits per heavy atom. The summed E-state index contributed by atoms with van der Waals surface area (Å²) in [6, 6.07) is 13.3. The van der Waals surface area contributed by atoms with Gasteiger partial charge in [-0.05, 0) is 35.9 Å². The molecule has 2 aromatic carbocycles. The Bertz CT molecular complexity index is 985. The molecule has 28 heavy (non-hydrogen) atoms. The van der Waals surface area contributed by atoms with Crippen LogP contribution in [0.5, 0.6) is 11.5 Å². The monoisotopic (exact) mass is 376 g/mol. The van der Waals surface area contributed by atoms with Crippen LogP contribution in [0.4, 0.5) is 0 Å². The zero-order chi connectivity index (χ0) is 20.1. The Balaban J connectivity index is 1.64. The van der Waals surface area contributed by atoms with Crippen LogP contribution >= 0.6 is 0 Å². The van der Waals surface area contributed by atoms with Gasteiger partial charge in [0.2, 0.25) is 0 Å². The minimum Gasteiger partial charge on any atom is -0.493 e. The Labute approximate surface area is 161 Å². The van der Waals surface area contributed by atoms with E-state index in [2.05, 4.69) is 0 Å². The number of nitriles is 1. The number of carbonyl (C=O) groups is 3. The third-order valence-corrected chi connectivity index (χ3v) is 4.18. The van der Waals surface area contributed by atoms with E-state index < -0.39 is 17.8 Å². The predicted octanol–water partition coefficient (Wildman–Crippen LogP) is 2.82. The zero-order valence-corrected chi connectivity index (χ0v) is 15.0. The second-order valence-electron chi connectivity index (χ2n) is 5.90. The highest BCUT2D eigenvalue weighted by Crippen LogP contribution is 2.29. The smallest absolute Gasteiger partial charge is 0.313 e. The van der Waals surface area contributed by atoms with E-state index in [0.717, 1.165) is 4.90 Å². The summed E-state index contributed by atoms with van der Waals surface area (Å²) < 4.78 is 10.5. The zero-order valence-electron chi connectivity index (χ0n) is 15.0. The van der Waals surface area contributed by atoms with Crippen LogP contribution in [0.25, 0.3) is 6.08 Å². The van der Waals surface area contributed by atoms with Crippen LogP contribution in [-0.4, -0.2) is 36.3 Å². The molecule has 7 heteroatoms. The highest BCUT2D eigenvalue weighted by atomic mass is 16.6. The van der Waals surface area contributed by atoms with Gasteiger partial charge in [-0.15, -0.1) is 0 Å². The molecule has 0 radical (unpaired) electrons. The number of rotatable bonds is 6. The highest BCUT2D eigenvalue weighted by molar-refractivity contribution is 6.21. The van der Waals surface area contributed by atoms with Gasteiger partial charge in [0.15, 0.2) is 11.5 Å². The molecule has 1 heterocycles. The molecule has 0 fully saturated rings. The number of esters is 1. The van der Waals surface area contributed by atoms with Gasteiger partial charge in [0, 0.05) is 12.6 Å². The first kappa shape index (κ1) is 18.9. The molecule has 2 aromatic rings. The summed E-state index contributed by atoms with van der Waals surface area (Å²) in [4.78, 5) is 37.8. The number of hydrogen-bond donors (Lipinski definition) is 0. The van der Waals surface area contributed by atoms with Crippen LogP contribution < -0.4 is 9.47 Å². The van der Waals surface area contributed by atoms with Gasteiger partial charge in [0.05, 0.1) is 30.7 Å². The van der Waals surface area contributed by atoms with Crippen molar-refractivity contribution >= 4 is 23.9 Å². The lowest BCUT2D eigenvalue weighted by Crippen LogP contribution is -2.32. The average molecular weight is 376 g/mol. The van der Waals surface area contributed by atoms with Crippen LogP contribution in [0.3, 0.4) is 0 Å². The number of hydrogen-bond acceptors (Lipinski definition) is 6. The summed E-state index contributed by atoms with van der Waals surface area (Å²) in [5.74, 6) is -0.896. The predicted molar refractivity (Wildman–Crippen MR) is 99.7 cm³/mol.